The number of carbonyl (C=O) groups is 1. The Kier molecular flexibility index (Phi) is 4.27. The summed E-state index contributed by atoms with van der Waals surface area (Å²) in [5, 5.41) is 3.37. The van der Waals surface area contributed by atoms with E-state index < -0.39 is 0 Å². The van der Waals surface area contributed by atoms with Crippen molar-refractivity contribution in [2.45, 2.75) is 50.9 Å². The number of nitrogens with zero attached hydrogens (tertiary/aromatic N) is 1. The molecule has 114 valence electrons. The van der Waals surface area contributed by atoms with Crippen molar-refractivity contribution in [3.8, 4) is 0 Å². The molecule has 4 heteroatoms. The first-order valence-corrected chi connectivity index (χ1v) is 7.93. The molecule has 3 unspecified atom stereocenters. The molecule has 21 heavy (non-hydrogen) atoms. The molecule has 2 heterocycles. The van der Waals surface area contributed by atoms with Crippen LogP contribution in [0.5, 0.6) is 0 Å². The van der Waals surface area contributed by atoms with Crippen molar-refractivity contribution in [1.29, 1.82) is 0 Å². The van der Waals surface area contributed by atoms with E-state index >= 15 is 0 Å². The van der Waals surface area contributed by atoms with Gasteiger partial charge in [0.1, 0.15) is 6.10 Å². The fraction of sp³-hybridized carbons (Fsp3) is 0.588. The summed E-state index contributed by atoms with van der Waals surface area (Å²) in [6.07, 6.45) is 3.82. The van der Waals surface area contributed by atoms with E-state index in [0.29, 0.717) is 6.04 Å². The monoisotopic (exact) mass is 288 g/mol. The number of carbonyl (C=O) groups excluding carboxylic acids is 1. The van der Waals surface area contributed by atoms with Gasteiger partial charge in [-0.15, -0.1) is 0 Å². The fourth-order valence-corrected chi connectivity index (χ4v) is 3.44. The highest BCUT2D eigenvalue weighted by Gasteiger charge is 2.34. The van der Waals surface area contributed by atoms with Crippen LogP contribution in [0.15, 0.2) is 24.3 Å². The Labute approximate surface area is 126 Å². The van der Waals surface area contributed by atoms with Crippen molar-refractivity contribution in [1.82, 2.24) is 5.32 Å². The summed E-state index contributed by atoms with van der Waals surface area (Å²) in [5.74, 6) is 0.128. The van der Waals surface area contributed by atoms with Crippen LogP contribution in [-0.2, 0) is 9.53 Å². The number of fused-ring (bicyclic) bond motifs is 1. The Morgan fingerprint density at radius 3 is 2.81 bits per heavy atom. The normalized spacial score (nSPS) is 29.0. The Morgan fingerprint density at radius 2 is 2.10 bits per heavy atom. The average Bonchev–Trinajstić information content (AvgIpc) is 2.84. The Bertz CT molecular complexity index is 517. The summed E-state index contributed by atoms with van der Waals surface area (Å²) in [6, 6.07) is 8.56. The summed E-state index contributed by atoms with van der Waals surface area (Å²) in [4.78, 5) is 14.8. The maximum atomic E-state index is 12.8. The zero-order valence-corrected chi connectivity index (χ0v) is 12.8. The number of hydrogen-bond donors (Lipinski definition) is 1. The summed E-state index contributed by atoms with van der Waals surface area (Å²) >= 11 is 0. The second-order valence-electron chi connectivity index (χ2n) is 6.04. The van der Waals surface area contributed by atoms with Crippen LogP contribution in [0.2, 0.25) is 0 Å². The molecule has 2 aliphatic heterocycles. The van der Waals surface area contributed by atoms with Gasteiger partial charge in [-0.1, -0.05) is 18.2 Å². The van der Waals surface area contributed by atoms with Gasteiger partial charge in [-0.2, -0.15) is 0 Å². The molecule has 1 saturated heterocycles. The molecule has 0 radical (unpaired) electrons. The van der Waals surface area contributed by atoms with Crippen LogP contribution < -0.4 is 10.2 Å². The highest BCUT2D eigenvalue weighted by Crippen LogP contribution is 2.34. The maximum absolute atomic E-state index is 12.8. The first kappa shape index (κ1) is 14.5. The lowest BCUT2D eigenvalue weighted by atomic mass is 10.0. The number of hydrogen-bond acceptors (Lipinski definition) is 3. The SMILES string of the molecule is CNC1CCCN(C(=O)C2CCC(C)O2)c2ccccc21. The molecule has 1 amide bonds. The maximum Gasteiger partial charge on any atom is 0.256 e. The van der Waals surface area contributed by atoms with E-state index in [2.05, 4.69) is 17.4 Å². The van der Waals surface area contributed by atoms with Crippen molar-refractivity contribution in [2.75, 3.05) is 18.5 Å². The minimum absolute atomic E-state index is 0.128. The molecule has 1 aromatic rings. The topological polar surface area (TPSA) is 41.6 Å². The first-order valence-electron chi connectivity index (χ1n) is 7.93. The lowest BCUT2D eigenvalue weighted by Gasteiger charge is -2.26. The van der Waals surface area contributed by atoms with Gasteiger partial charge in [0.05, 0.1) is 6.10 Å². The molecule has 0 saturated carbocycles. The zero-order valence-electron chi connectivity index (χ0n) is 12.8. The summed E-state index contributed by atoms with van der Waals surface area (Å²) < 4.78 is 5.78. The molecule has 3 atom stereocenters. The molecule has 4 nitrogen and oxygen atoms in total. The summed E-state index contributed by atoms with van der Waals surface area (Å²) in [5.41, 5.74) is 2.26. The van der Waals surface area contributed by atoms with Gasteiger partial charge in [0, 0.05) is 18.3 Å². The summed E-state index contributed by atoms with van der Waals surface area (Å²) in [7, 11) is 1.99. The van der Waals surface area contributed by atoms with E-state index in [1.807, 2.05) is 31.0 Å². The minimum atomic E-state index is -0.265. The molecule has 1 fully saturated rings. The van der Waals surface area contributed by atoms with E-state index in [1.54, 1.807) is 0 Å². The number of anilines is 1. The van der Waals surface area contributed by atoms with Crippen LogP contribution in [-0.4, -0.2) is 31.7 Å². The molecule has 1 N–H and O–H groups in total. The molecule has 2 aliphatic rings. The van der Waals surface area contributed by atoms with E-state index in [0.717, 1.165) is 37.9 Å². The van der Waals surface area contributed by atoms with Crippen molar-refractivity contribution in [3.05, 3.63) is 29.8 Å². The predicted molar refractivity (Wildman–Crippen MR) is 83.4 cm³/mol. The van der Waals surface area contributed by atoms with Crippen molar-refractivity contribution in [2.24, 2.45) is 0 Å². The standard InChI is InChI=1S/C17H24N2O2/c1-12-9-10-16(21-12)17(20)19-11-5-7-14(18-2)13-6-3-4-8-15(13)19/h3-4,6,8,12,14,16,18H,5,7,9-11H2,1-2H3. The molecular formula is C17H24N2O2. The molecule has 1 aromatic carbocycles. The van der Waals surface area contributed by atoms with Gasteiger partial charge in [-0.05, 0) is 51.3 Å². The number of rotatable bonds is 2. The van der Waals surface area contributed by atoms with Gasteiger partial charge in [0.15, 0.2) is 0 Å². The second kappa shape index (κ2) is 6.16. The molecular weight excluding hydrogens is 264 g/mol. The van der Waals surface area contributed by atoms with Crippen molar-refractivity contribution >= 4 is 11.6 Å². The van der Waals surface area contributed by atoms with Gasteiger partial charge < -0.3 is 15.0 Å². The molecule has 3 rings (SSSR count). The second-order valence-corrected chi connectivity index (χ2v) is 6.04. The van der Waals surface area contributed by atoms with E-state index in [-0.39, 0.29) is 18.1 Å². The third-order valence-corrected chi connectivity index (χ3v) is 4.60. The summed E-state index contributed by atoms with van der Waals surface area (Å²) in [6.45, 7) is 2.82. The van der Waals surface area contributed by atoms with E-state index in [4.69, 9.17) is 4.74 Å². The minimum Gasteiger partial charge on any atom is -0.365 e. The van der Waals surface area contributed by atoms with Gasteiger partial charge in [0.2, 0.25) is 0 Å². The third-order valence-electron chi connectivity index (χ3n) is 4.60. The van der Waals surface area contributed by atoms with E-state index in [9.17, 15) is 4.79 Å². The largest absolute Gasteiger partial charge is 0.365 e. The number of ether oxygens (including phenoxy) is 1. The van der Waals surface area contributed by atoms with Crippen LogP contribution in [0.25, 0.3) is 0 Å². The Morgan fingerprint density at radius 1 is 1.29 bits per heavy atom. The Hall–Kier alpha value is -1.39. The van der Waals surface area contributed by atoms with Crippen LogP contribution in [0.4, 0.5) is 5.69 Å². The van der Waals surface area contributed by atoms with Crippen LogP contribution in [0, 0.1) is 0 Å². The predicted octanol–water partition coefficient (Wildman–Crippen LogP) is 2.64. The smallest absolute Gasteiger partial charge is 0.256 e. The highest BCUT2D eigenvalue weighted by atomic mass is 16.5. The molecule has 0 aromatic heterocycles. The number of amides is 1. The zero-order chi connectivity index (χ0) is 14.8. The fourth-order valence-electron chi connectivity index (χ4n) is 3.44. The highest BCUT2D eigenvalue weighted by molar-refractivity contribution is 5.97. The van der Waals surface area contributed by atoms with Crippen LogP contribution >= 0.6 is 0 Å². The van der Waals surface area contributed by atoms with Gasteiger partial charge >= 0.3 is 0 Å². The number of nitrogens with one attached hydrogen (secondary N) is 1. The van der Waals surface area contributed by atoms with Crippen molar-refractivity contribution < 1.29 is 9.53 Å². The lowest BCUT2D eigenvalue weighted by Crippen LogP contribution is -2.40. The number of para-hydroxylation sites is 1. The quantitative estimate of drug-likeness (QED) is 0.909. The van der Waals surface area contributed by atoms with Gasteiger partial charge in [-0.25, -0.2) is 0 Å². The molecule has 0 aliphatic carbocycles. The van der Waals surface area contributed by atoms with E-state index in [1.165, 1.54) is 5.56 Å². The lowest BCUT2D eigenvalue weighted by molar-refractivity contribution is -0.129. The molecule has 0 bridgehead atoms. The van der Waals surface area contributed by atoms with Gasteiger partial charge in [0.25, 0.3) is 5.91 Å². The van der Waals surface area contributed by atoms with Crippen molar-refractivity contribution in [3.63, 3.8) is 0 Å². The van der Waals surface area contributed by atoms with Crippen LogP contribution in [0.1, 0.15) is 44.2 Å². The first-order chi connectivity index (χ1) is 10.2. The third kappa shape index (κ3) is 2.83. The van der Waals surface area contributed by atoms with Gasteiger partial charge in [-0.3, -0.25) is 4.79 Å². The average molecular weight is 288 g/mol. The van der Waals surface area contributed by atoms with Crippen LogP contribution in [0.3, 0.4) is 0 Å². The molecule has 0 spiro atoms. The Balaban J connectivity index is 1.89. The number of benzene rings is 1.